The third-order valence-electron chi connectivity index (χ3n) is 5.13. The van der Waals surface area contributed by atoms with Crippen molar-refractivity contribution in [2.75, 3.05) is 13.2 Å². The van der Waals surface area contributed by atoms with Gasteiger partial charge in [0.25, 0.3) is 5.91 Å². The normalized spacial score (nSPS) is 19.4. The molecule has 1 heterocycles. The molecule has 1 aliphatic heterocycles. The van der Waals surface area contributed by atoms with Crippen LogP contribution in [0.25, 0.3) is 0 Å². The Balaban J connectivity index is 2.37. The first-order valence-corrected chi connectivity index (χ1v) is 10.6. The minimum atomic E-state index is -0.730. The molecule has 0 aromatic heterocycles. The number of amides is 1. The lowest BCUT2D eigenvalue weighted by atomic mass is 9.94. The second-order valence-electron chi connectivity index (χ2n) is 7.28. The highest BCUT2D eigenvalue weighted by Gasteiger charge is 2.41. The van der Waals surface area contributed by atoms with Crippen molar-refractivity contribution in [2.24, 2.45) is 4.99 Å². The summed E-state index contributed by atoms with van der Waals surface area (Å²) in [6.07, 6.45) is 10.3. The fraction of sp³-hybridized carbons (Fsp3) is 0.269. The summed E-state index contributed by atoms with van der Waals surface area (Å²) < 4.78 is 18.3. The second-order valence-corrected chi connectivity index (χ2v) is 7.28. The molecule has 1 aromatic rings. The minimum Gasteiger partial charge on any atom is -0.490 e. The number of rotatable bonds is 13. The van der Waals surface area contributed by atoms with Gasteiger partial charge in [-0.25, -0.2) is 4.39 Å². The van der Waals surface area contributed by atoms with Crippen LogP contribution in [-0.4, -0.2) is 54.2 Å². The first kappa shape index (κ1) is 25.7. The first-order chi connectivity index (χ1) is 16.1. The zero-order valence-corrected chi connectivity index (χ0v) is 18.5. The maximum absolute atomic E-state index is 13.1. The van der Waals surface area contributed by atoms with E-state index in [1.54, 1.807) is 18.2 Å². The van der Waals surface area contributed by atoms with E-state index in [1.165, 1.54) is 11.0 Å². The monoisotopic (exact) mass is 452 g/mol. The lowest BCUT2D eigenvalue weighted by Crippen LogP contribution is -2.52. The molecule has 2 unspecified atom stereocenters. The number of aliphatic hydroxyl groups is 1. The Hall–Kier alpha value is -3.58. The molecule has 2 rings (SSSR count). The highest BCUT2D eigenvalue weighted by Crippen LogP contribution is 2.29. The number of aldehydes is 1. The van der Waals surface area contributed by atoms with Crippen LogP contribution in [0.1, 0.15) is 18.4 Å². The number of aliphatic hydroxyl groups excluding tert-OH is 1. The van der Waals surface area contributed by atoms with Crippen LogP contribution in [-0.2, 0) is 20.9 Å². The molecule has 0 saturated heterocycles. The number of hydrogen-bond donors (Lipinski definition) is 1. The Morgan fingerprint density at radius 1 is 1.27 bits per heavy atom. The SMILES string of the molecule is C=CC/C(=C\C=C\F)C/C=C/C1C(N=C)C(OCc2ccccc2)=C(C=O)C(=O)N1CCO. The van der Waals surface area contributed by atoms with E-state index in [0.29, 0.717) is 25.5 Å². The van der Waals surface area contributed by atoms with E-state index in [0.717, 1.165) is 11.1 Å². The van der Waals surface area contributed by atoms with Gasteiger partial charge < -0.3 is 14.7 Å². The van der Waals surface area contributed by atoms with E-state index in [2.05, 4.69) is 18.3 Å². The number of ether oxygens (including phenoxy) is 1. The number of aliphatic imine (C=N–C) groups is 1. The van der Waals surface area contributed by atoms with E-state index >= 15 is 0 Å². The van der Waals surface area contributed by atoms with Crippen LogP contribution in [0.15, 0.2) is 95.5 Å². The van der Waals surface area contributed by atoms with Crippen LogP contribution in [0.2, 0.25) is 0 Å². The summed E-state index contributed by atoms with van der Waals surface area (Å²) in [5.41, 5.74) is 1.65. The van der Waals surface area contributed by atoms with E-state index < -0.39 is 18.0 Å². The Morgan fingerprint density at radius 3 is 2.64 bits per heavy atom. The van der Waals surface area contributed by atoms with Gasteiger partial charge in [0.05, 0.1) is 19.0 Å². The summed E-state index contributed by atoms with van der Waals surface area (Å²) in [6, 6.07) is 8.01. The quantitative estimate of drug-likeness (QED) is 0.162. The van der Waals surface area contributed by atoms with Crippen molar-refractivity contribution < 1.29 is 23.8 Å². The number of benzene rings is 1. The lowest BCUT2D eigenvalue weighted by molar-refractivity contribution is -0.132. The number of carbonyl (C=O) groups excluding carboxylic acids is 2. The molecule has 33 heavy (non-hydrogen) atoms. The van der Waals surface area contributed by atoms with Gasteiger partial charge in [0.15, 0.2) is 6.29 Å². The molecule has 0 spiro atoms. The summed E-state index contributed by atoms with van der Waals surface area (Å²) in [5.74, 6) is -0.390. The van der Waals surface area contributed by atoms with Crippen LogP contribution in [0.4, 0.5) is 4.39 Å². The topological polar surface area (TPSA) is 79.2 Å². The van der Waals surface area contributed by atoms with Gasteiger partial charge in [0.1, 0.15) is 24.0 Å². The molecule has 174 valence electrons. The number of allylic oxidation sites excluding steroid dienone is 5. The van der Waals surface area contributed by atoms with Crippen molar-refractivity contribution in [3.05, 3.63) is 96.1 Å². The summed E-state index contributed by atoms with van der Waals surface area (Å²) in [5, 5.41) is 9.51. The van der Waals surface area contributed by atoms with E-state index in [9.17, 15) is 19.1 Å². The number of hydrogen-bond acceptors (Lipinski definition) is 5. The van der Waals surface area contributed by atoms with Crippen LogP contribution in [0.5, 0.6) is 0 Å². The fourth-order valence-electron chi connectivity index (χ4n) is 3.58. The first-order valence-electron chi connectivity index (χ1n) is 10.6. The van der Waals surface area contributed by atoms with Crippen molar-refractivity contribution in [1.82, 2.24) is 4.90 Å². The van der Waals surface area contributed by atoms with Gasteiger partial charge in [-0.15, -0.1) is 6.58 Å². The molecule has 2 atom stereocenters. The number of β-amino-alcohol motifs (C(OH)–C–C–N with tert-alkyl or cyclic N) is 1. The highest BCUT2D eigenvalue weighted by molar-refractivity contribution is 6.12. The second kappa shape index (κ2) is 13.8. The van der Waals surface area contributed by atoms with Crippen LogP contribution in [0.3, 0.4) is 0 Å². The molecule has 1 amide bonds. The van der Waals surface area contributed by atoms with Crippen molar-refractivity contribution >= 4 is 18.9 Å². The van der Waals surface area contributed by atoms with E-state index in [-0.39, 0.29) is 31.1 Å². The summed E-state index contributed by atoms with van der Waals surface area (Å²) in [6.45, 7) is 7.25. The molecule has 1 aromatic carbocycles. The average molecular weight is 453 g/mol. The molecule has 6 nitrogen and oxygen atoms in total. The molecule has 7 heteroatoms. The molecule has 1 N–H and O–H groups in total. The Bertz CT molecular complexity index is 950. The zero-order valence-electron chi connectivity index (χ0n) is 18.5. The predicted octanol–water partition coefficient (Wildman–Crippen LogP) is 3.86. The number of halogens is 1. The predicted molar refractivity (Wildman–Crippen MR) is 127 cm³/mol. The smallest absolute Gasteiger partial charge is 0.261 e. The third-order valence-corrected chi connectivity index (χ3v) is 5.13. The molecule has 0 fully saturated rings. The van der Waals surface area contributed by atoms with E-state index in [1.807, 2.05) is 36.4 Å². The Morgan fingerprint density at radius 2 is 2.03 bits per heavy atom. The maximum atomic E-state index is 13.1. The fourth-order valence-corrected chi connectivity index (χ4v) is 3.58. The largest absolute Gasteiger partial charge is 0.490 e. The minimum absolute atomic E-state index is 0.0170. The van der Waals surface area contributed by atoms with E-state index in [4.69, 9.17) is 4.74 Å². The van der Waals surface area contributed by atoms with Crippen molar-refractivity contribution in [1.29, 1.82) is 0 Å². The standard InChI is InChI=1S/C26H29FN2O4/c1-3-9-20(13-8-15-27)12-7-14-23-24(28-2)25(33-19-21-10-5-4-6-11-21)22(18-31)26(32)29(23)16-17-30/h3-8,10-11,13-15,18,23-24,30H,1-2,9,12,16-17,19H2/b14-7+,15-8+,20-13+. The molecule has 0 radical (unpaired) electrons. The van der Waals surface area contributed by atoms with Gasteiger partial charge in [0.2, 0.25) is 0 Å². The molecule has 0 aliphatic carbocycles. The zero-order chi connectivity index (χ0) is 24.1. The number of nitrogens with zero attached hydrogens (tertiary/aromatic N) is 2. The van der Waals surface area contributed by atoms with Crippen molar-refractivity contribution in [3.8, 4) is 0 Å². The lowest BCUT2D eigenvalue weighted by Gasteiger charge is -2.38. The third kappa shape index (κ3) is 6.95. The summed E-state index contributed by atoms with van der Waals surface area (Å²) in [7, 11) is 0. The molecular formula is C26H29FN2O4. The van der Waals surface area contributed by atoms with Gasteiger partial charge >= 0.3 is 0 Å². The van der Waals surface area contributed by atoms with Gasteiger partial charge in [-0.3, -0.25) is 14.6 Å². The van der Waals surface area contributed by atoms with Crippen molar-refractivity contribution in [3.63, 3.8) is 0 Å². The van der Waals surface area contributed by atoms with Gasteiger partial charge in [0, 0.05) is 6.54 Å². The van der Waals surface area contributed by atoms with Crippen LogP contribution in [0, 0.1) is 0 Å². The van der Waals surface area contributed by atoms with Crippen LogP contribution < -0.4 is 0 Å². The molecular weight excluding hydrogens is 423 g/mol. The number of carbonyl (C=O) groups is 2. The summed E-state index contributed by atoms with van der Waals surface area (Å²) >= 11 is 0. The van der Waals surface area contributed by atoms with Gasteiger partial charge in [-0.05, 0) is 31.2 Å². The molecule has 0 saturated carbocycles. The highest BCUT2D eigenvalue weighted by atomic mass is 19.1. The van der Waals surface area contributed by atoms with Crippen LogP contribution >= 0.6 is 0 Å². The van der Waals surface area contributed by atoms with Gasteiger partial charge in [-0.1, -0.05) is 60.2 Å². The maximum Gasteiger partial charge on any atom is 0.261 e. The van der Waals surface area contributed by atoms with Crippen molar-refractivity contribution in [2.45, 2.75) is 31.5 Å². The Kier molecular flexibility index (Phi) is 10.7. The summed E-state index contributed by atoms with van der Waals surface area (Å²) in [4.78, 5) is 30.4. The molecule has 1 aliphatic rings. The Labute approximate surface area is 193 Å². The molecule has 0 bridgehead atoms. The van der Waals surface area contributed by atoms with Gasteiger partial charge in [-0.2, -0.15) is 0 Å². The average Bonchev–Trinajstić information content (AvgIpc) is 2.83.